The molecule has 2 amide bonds. The summed E-state index contributed by atoms with van der Waals surface area (Å²) in [6, 6.07) is 9.20. The molecule has 1 aromatic heterocycles. The lowest BCUT2D eigenvalue weighted by atomic mass is 10.0. The first-order valence-electron chi connectivity index (χ1n) is 10.2. The lowest BCUT2D eigenvalue weighted by molar-refractivity contribution is -0.128. The molecule has 1 aromatic carbocycles. The number of carbonyl (C=O) groups is 2. The zero-order valence-electron chi connectivity index (χ0n) is 17.2. The summed E-state index contributed by atoms with van der Waals surface area (Å²) in [6.45, 7) is 4.96. The van der Waals surface area contributed by atoms with Crippen LogP contribution in [0, 0.1) is 17.2 Å². The maximum Gasteiger partial charge on any atom is 0.273 e. The van der Waals surface area contributed by atoms with Crippen LogP contribution in [0.3, 0.4) is 0 Å². The second kappa shape index (κ2) is 8.92. The number of fused-ring (bicyclic) bond motifs is 1. The van der Waals surface area contributed by atoms with E-state index in [0.29, 0.717) is 41.9 Å². The molecule has 4 rings (SSSR count). The number of carbonyl (C=O) groups excluding carboxylic acids is 2. The molecule has 1 saturated heterocycles. The second-order valence-corrected chi connectivity index (χ2v) is 8.29. The van der Waals surface area contributed by atoms with Gasteiger partial charge in [-0.15, -0.1) is 0 Å². The number of anilines is 1. The van der Waals surface area contributed by atoms with Gasteiger partial charge in [0, 0.05) is 32.3 Å². The largest absolute Gasteiger partial charge is 0.330 e. The van der Waals surface area contributed by atoms with Gasteiger partial charge >= 0.3 is 0 Å². The highest BCUT2D eigenvalue weighted by molar-refractivity contribution is 6.33. The number of halogens is 1. The van der Waals surface area contributed by atoms with E-state index in [1.165, 1.54) is 6.20 Å². The molecule has 0 unspecified atom stereocenters. The highest BCUT2D eigenvalue weighted by Gasteiger charge is 2.30. The highest BCUT2D eigenvalue weighted by atomic mass is 35.5. The third-order valence-corrected chi connectivity index (χ3v) is 5.89. The van der Waals surface area contributed by atoms with Gasteiger partial charge in [-0.1, -0.05) is 29.8 Å². The number of para-hydroxylation sites is 1. The fourth-order valence-electron chi connectivity index (χ4n) is 3.94. The normalized spacial score (nSPS) is 19.0. The van der Waals surface area contributed by atoms with Crippen LogP contribution in [0.4, 0.5) is 5.69 Å². The summed E-state index contributed by atoms with van der Waals surface area (Å²) in [5.41, 5.74) is 0.980. The Bertz CT molecular complexity index is 1070. The second-order valence-electron chi connectivity index (χ2n) is 7.88. The molecule has 0 aliphatic carbocycles. The molecule has 0 spiro atoms. The third-order valence-electron chi connectivity index (χ3n) is 5.56. The molecule has 9 heteroatoms. The topological polar surface area (TPSA) is 94.3 Å². The Morgan fingerprint density at radius 1 is 1.32 bits per heavy atom. The summed E-state index contributed by atoms with van der Waals surface area (Å²) in [5, 5.41) is 12.1. The van der Waals surface area contributed by atoms with Gasteiger partial charge in [-0.2, -0.15) is 5.26 Å². The predicted octanol–water partition coefficient (Wildman–Crippen LogP) is 2.70. The van der Waals surface area contributed by atoms with Gasteiger partial charge in [0.25, 0.3) is 5.91 Å². The van der Waals surface area contributed by atoms with Gasteiger partial charge in [-0.3, -0.25) is 14.5 Å². The van der Waals surface area contributed by atoms with E-state index >= 15 is 0 Å². The number of benzene rings is 1. The summed E-state index contributed by atoms with van der Waals surface area (Å²) in [5.74, 6) is 0.406. The number of aromatic nitrogens is 2. The van der Waals surface area contributed by atoms with E-state index < -0.39 is 0 Å². The number of nitrogens with zero attached hydrogens (tertiary/aromatic N) is 5. The first-order valence-corrected chi connectivity index (χ1v) is 10.5. The quantitative estimate of drug-likeness (QED) is 0.724. The van der Waals surface area contributed by atoms with Crippen LogP contribution in [-0.2, 0) is 11.3 Å². The van der Waals surface area contributed by atoms with E-state index in [4.69, 9.17) is 16.9 Å². The monoisotopic (exact) mass is 438 g/mol. The fraction of sp³-hybridized carbons (Fsp3) is 0.364. The molecule has 0 saturated carbocycles. The third kappa shape index (κ3) is 4.48. The number of amides is 2. The van der Waals surface area contributed by atoms with Crippen LogP contribution in [0.2, 0.25) is 5.02 Å². The minimum Gasteiger partial charge on any atom is -0.330 e. The molecule has 3 heterocycles. The van der Waals surface area contributed by atoms with E-state index in [9.17, 15) is 9.59 Å². The van der Waals surface area contributed by atoms with Crippen LogP contribution in [0.25, 0.3) is 0 Å². The number of hydrogen-bond donors (Lipinski definition) is 1. The van der Waals surface area contributed by atoms with Crippen molar-refractivity contribution in [3.05, 3.63) is 59.2 Å². The Morgan fingerprint density at radius 3 is 2.84 bits per heavy atom. The summed E-state index contributed by atoms with van der Waals surface area (Å²) in [4.78, 5) is 33.6. The first kappa shape index (κ1) is 21.1. The van der Waals surface area contributed by atoms with E-state index in [1.54, 1.807) is 35.2 Å². The van der Waals surface area contributed by atoms with Crippen LogP contribution in [0.5, 0.6) is 0 Å². The van der Waals surface area contributed by atoms with Crippen molar-refractivity contribution < 1.29 is 9.59 Å². The van der Waals surface area contributed by atoms with Gasteiger partial charge in [-0.05, 0) is 19.1 Å². The van der Waals surface area contributed by atoms with Crippen molar-refractivity contribution in [3.63, 3.8) is 0 Å². The molecule has 31 heavy (non-hydrogen) atoms. The smallest absolute Gasteiger partial charge is 0.273 e. The zero-order valence-corrected chi connectivity index (χ0v) is 17.9. The van der Waals surface area contributed by atoms with Crippen molar-refractivity contribution in [1.82, 2.24) is 19.4 Å². The van der Waals surface area contributed by atoms with Gasteiger partial charge in [-0.25, -0.2) is 4.98 Å². The molecule has 160 valence electrons. The highest BCUT2D eigenvalue weighted by Crippen LogP contribution is 2.25. The van der Waals surface area contributed by atoms with Crippen molar-refractivity contribution in [2.45, 2.75) is 19.5 Å². The van der Waals surface area contributed by atoms with Gasteiger partial charge in [0.2, 0.25) is 5.91 Å². The Labute approximate surface area is 185 Å². The molecule has 8 nitrogen and oxygen atoms in total. The molecule has 2 aliphatic rings. The molecule has 2 aromatic rings. The SMILES string of the molecule is C[C@@H]1CN(C(=O)/C=C/CN2CC(C#N)C2)Cc2ncc(C(=O)Nc3ccccc3Cl)n21. The number of likely N-dealkylation sites (tertiary alicyclic amines) is 1. The molecular formula is C22H23ClN6O2. The van der Waals surface area contributed by atoms with E-state index in [2.05, 4.69) is 21.3 Å². The number of nitrogens with one attached hydrogen (secondary N) is 1. The molecule has 1 fully saturated rings. The molecule has 0 radical (unpaired) electrons. The minimum absolute atomic E-state index is 0.0828. The number of imidazole rings is 1. The maximum atomic E-state index is 12.8. The average molecular weight is 439 g/mol. The lowest BCUT2D eigenvalue weighted by Crippen LogP contribution is -2.45. The van der Waals surface area contributed by atoms with E-state index in [-0.39, 0.29) is 23.8 Å². The zero-order chi connectivity index (χ0) is 22.0. The number of rotatable bonds is 5. The number of hydrogen-bond acceptors (Lipinski definition) is 5. The predicted molar refractivity (Wildman–Crippen MR) is 116 cm³/mol. The van der Waals surface area contributed by atoms with E-state index in [0.717, 1.165) is 13.1 Å². The fourth-order valence-corrected chi connectivity index (χ4v) is 4.12. The van der Waals surface area contributed by atoms with Crippen LogP contribution < -0.4 is 5.32 Å². The average Bonchev–Trinajstić information content (AvgIpc) is 3.16. The maximum absolute atomic E-state index is 12.8. The van der Waals surface area contributed by atoms with Crippen molar-refractivity contribution in [1.29, 1.82) is 5.26 Å². The Kier molecular flexibility index (Phi) is 6.07. The standard InChI is InChI=1S/C22H23ClN6O2/c1-15-11-28(21(30)7-4-8-27-12-16(9-24)13-27)14-20-25-10-19(29(15)20)22(31)26-18-6-3-2-5-17(18)23/h2-7,10,15-16H,8,11-14H2,1H3,(H,26,31)/b7-4+/t15-/m1/s1. The van der Waals surface area contributed by atoms with Crippen molar-refractivity contribution in [3.8, 4) is 6.07 Å². The van der Waals surface area contributed by atoms with Crippen LogP contribution in [0.15, 0.2) is 42.6 Å². The van der Waals surface area contributed by atoms with Crippen molar-refractivity contribution >= 4 is 29.1 Å². The molecular weight excluding hydrogens is 416 g/mol. The summed E-state index contributed by atoms with van der Waals surface area (Å²) >= 11 is 6.14. The Balaban J connectivity index is 1.39. The van der Waals surface area contributed by atoms with Gasteiger partial charge in [0.05, 0.1) is 41.5 Å². The van der Waals surface area contributed by atoms with E-state index in [1.807, 2.05) is 17.6 Å². The summed E-state index contributed by atoms with van der Waals surface area (Å²) in [6.07, 6.45) is 4.96. The summed E-state index contributed by atoms with van der Waals surface area (Å²) < 4.78 is 1.88. The van der Waals surface area contributed by atoms with Crippen LogP contribution >= 0.6 is 11.6 Å². The van der Waals surface area contributed by atoms with Crippen molar-refractivity contribution in [2.75, 3.05) is 31.5 Å². The van der Waals surface area contributed by atoms with Crippen molar-refractivity contribution in [2.24, 2.45) is 5.92 Å². The molecule has 0 bridgehead atoms. The van der Waals surface area contributed by atoms with Gasteiger partial charge in [0.15, 0.2) is 0 Å². The van der Waals surface area contributed by atoms with Crippen LogP contribution in [0.1, 0.15) is 29.3 Å². The molecule has 1 atom stereocenters. The summed E-state index contributed by atoms with van der Waals surface area (Å²) in [7, 11) is 0. The van der Waals surface area contributed by atoms with Gasteiger partial charge < -0.3 is 14.8 Å². The first-order chi connectivity index (χ1) is 15.0. The molecule has 1 N–H and O–H groups in total. The Morgan fingerprint density at radius 2 is 2.10 bits per heavy atom. The van der Waals surface area contributed by atoms with Crippen LogP contribution in [-0.4, -0.2) is 57.3 Å². The molecule has 2 aliphatic heterocycles. The Hall–Kier alpha value is -3.15. The number of nitriles is 1. The van der Waals surface area contributed by atoms with Gasteiger partial charge in [0.1, 0.15) is 11.5 Å². The minimum atomic E-state index is -0.288. The lowest BCUT2D eigenvalue weighted by Gasteiger charge is -2.34.